The van der Waals surface area contributed by atoms with Crippen LogP contribution >= 0.6 is 0 Å². The van der Waals surface area contributed by atoms with Crippen molar-refractivity contribution in [3.05, 3.63) is 17.5 Å². The van der Waals surface area contributed by atoms with Gasteiger partial charge in [0.2, 0.25) is 0 Å². The van der Waals surface area contributed by atoms with Gasteiger partial charge in [0.25, 0.3) is 0 Å². The molecule has 0 bridgehead atoms. The maximum atomic E-state index is 6.23. The monoisotopic (exact) mass is 225 g/mol. The van der Waals surface area contributed by atoms with Crippen LogP contribution in [0.3, 0.4) is 0 Å². The molecule has 0 aliphatic carbocycles. The summed E-state index contributed by atoms with van der Waals surface area (Å²) in [5.74, 6) is 0.403. The number of nitrogens with zero attached hydrogens (tertiary/aromatic N) is 2. The molecule has 4 heteroatoms. The van der Waals surface area contributed by atoms with Crippen molar-refractivity contribution in [3.8, 4) is 0 Å². The number of hydrogen-bond donors (Lipinski definition) is 1. The van der Waals surface area contributed by atoms with Crippen molar-refractivity contribution < 1.29 is 4.74 Å². The van der Waals surface area contributed by atoms with Gasteiger partial charge in [0.05, 0.1) is 11.4 Å². The molecule has 0 saturated heterocycles. The Bertz CT molecular complexity index is 322. The predicted octanol–water partition coefficient (Wildman–Crippen LogP) is 1.65. The first-order valence-corrected chi connectivity index (χ1v) is 5.87. The molecule has 0 amide bonds. The molecule has 1 aromatic heterocycles. The van der Waals surface area contributed by atoms with E-state index in [2.05, 4.69) is 25.0 Å². The van der Waals surface area contributed by atoms with E-state index in [0.29, 0.717) is 5.92 Å². The van der Waals surface area contributed by atoms with Crippen molar-refractivity contribution in [1.82, 2.24) is 9.78 Å². The highest BCUT2D eigenvalue weighted by atomic mass is 16.5. The summed E-state index contributed by atoms with van der Waals surface area (Å²) in [6, 6.07) is 2.14. The van der Waals surface area contributed by atoms with Crippen molar-refractivity contribution in [2.24, 2.45) is 18.7 Å². The smallest absolute Gasteiger partial charge is 0.0625 e. The summed E-state index contributed by atoms with van der Waals surface area (Å²) in [6.07, 6.45) is 1.93. The normalized spacial score (nSPS) is 15.1. The van der Waals surface area contributed by atoms with Gasteiger partial charge in [-0.15, -0.1) is 0 Å². The van der Waals surface area contributed by atoms with Gasteiger partial charge < -0.3 is 10.5 Å². The van der Waals surface area contributed by atoms with Crippen LogP contribution in [-0.4, -0.2) is 23.5 Å². The van der Waals surface area contributed by atoms with Crippen LogP contribution in [0.1, 0.15) is 37.7 Å². The Kier molecular flexibility index (Phi) is 4.96. The van der Waals surface area contributed by atoms with Crippen LogP contribution in [0.4, 0.5) is 0 Å². The van der Waals surface area contributed by atoms with E-state index < -0.39 is 0 Å². The minimum Gasteiger partial charge on any atom is -0.385 e. The molecule has 2 atom stereocenters. The zero-order valence-corrected chi connectivity index (χ0v) is 10.7. The second-order valence-electron chi connectivity index (χ2n) is 4.32. The number of aryl methyl sites for hydroxylation is 2. The van der Waals surface area contributed by atoms with Crippen LogP contribution in [0.25, 0.3) is 0 Å². The molecule has 1 rings (SSSR count). The van der Waals surface area contributed by atoms with E-state index in [0.717, 1.165) is 30.8 Å². The minimum atomic E-state index is 0.0351. The average Bonchev–Trinajstić information content (AvgIpc) is 2.66. The van der Waals surface area contributed by atoms with E-state index in [9.17, 15) is 0 Å². The third kappa shape index (κ3) is 3.06. The molecule has 1 aromatic rings. The predicted molar refractivity (Wildman–Crippen MR) is 65.2 cm³/mol. The first-order valence-electron chi connectivity index (χ1n) is 5.87. The Morgan fingerprint density at radius 3 is 2.75 bits per heavy atom. The van der Waals surface area contributed by atoms with E-state index in [4.69, 9.17) is 10.5 Å². The van der Waals surface area contributed by atoms with Crippen molar-refractivity contribution in [2.45, 2.75) is 32.7 Å². The fourth-order valence-electron chi connectivity index (χ4n) is 1.80. The van der Waals surface area contributed by atoms with E-state index in [1.807, 2.05) is 11.7 Å². The van der Waals surface area contributed by atoms with Gasteiger partial charge in [0.1, 0.15) is 0 Å². The van der Waals surface area contributed by atoms with Crippen molar-refractivity contribution in [2.75, 3.05) is 13.7 Å². The Hall–Kier alpha value is -0.870. The molecule has 16 heavy (non-hydrogen) atoms. The van der Waals surface area contributed by atoms with Gasteiger partial charge in [-0.25, -0.2) is 0 Å². The summed E-state index contributed by atoms with van der Waals surface area (Å²) in [5.41, 5.74) is 8.45. The van der Waals surface area contributed by atoms with Crippen LogP contribution in [0.5, 0.6) is 0 Å². The first-order chi connectivity index (χ1) is 7.60. The molecule has 0 aromatic carbocycles. The number of methoxy groups -OCH3 is 1. The van der Waals surface area contributed by atoms with Crippen molar-refractivity contribution >= 4 is 0 Å². The van der Waals surface area contributed by atoms with Gasteiger partial charge in [-0.3, -0.25) is 4.68 Å². The summed E-state index contributed by atoms with van der Waals surface area (Å²) < 4.78 is 6.97. The van der Waals surface area contributed by atoms with Gasteiger partial charge in [-0.2, -0.15) is 5.10 Å². The molecule has 0 radical (unpaired) electrons. The van der Waals surface area contributed by atoms with E-state index in [-0.39, 0.29) is 6.04 Å². The van der Waals surface area contributed by atoms with Gasteiger partial charge in [0.15, 0.2) is 0 Å². The second kappa shape index (κ2) is 6.01. The molecule has 0 fully saturated rings. The Morgan fingerprint density at radius 1 is 1.56 bits per heavy atom. The lowest BCUT2D eigenvalue weighted by Gasteiger charge is -2.19. The van der Waals surface area contributed by atoms with Gasteiger partial charge in [-0.05, 0) is 24.8 Å². The highest BCUT2D eigenvalue weighted by molar-refractivity contribution is 5.14. The van der Waals surface area contributed by atoms with Crippen molar-refractivity contribution in [3.63, 3.8) is 0 Å². The fourth-order valence-corrected chi connectivity index (χ4v) is 1.80. The number of rotatable bonds is 6. The quantitative estimate of drug-likeness (QED) is 0.801. The lowest BCUT2D eigenvalue weighted by molar-refractivity contribution is 0.174. The Morgan fingerprint density at radius 2 is 2.25 bits per heavy atom. The lowest BCUT2D eigenvalue weighted by Crippen LogP contribution is -2.22. The number of aromatic nitrogens is 2. The third-order valence-corrected chi connectivity index (χ3v) is 3.06. The third-order valence-electron chi connectivity index (χ3n) is 3.06. The zero-order valence-electron chi connectivity index (χ0n) is 10.7. The largest absolute Gasteiger partial charge is 0.385 e. The molecule has 0 spiro atoms. The summed E-state index contributed by atoms with van der Waals surface area (Å²) in [4.78, 5) is 0. The molecular formula is C12H23N3O. The minimum absolute atomic E-state index is 0.0351. The maximum Gasteiger partial charge on any atom is 0.0625 e. The lowest BCUT2D eigenvalue weighted by atomic mass is 9.96. The maximum absolute atomic E-state index is 6.23. The first kappa shape index (κ1) is 13.2. The van der Waals surface area contributed by atoms with Gasteiger partial charge in [0, 0.05) is 26.8 Å². The van der Waals surface area contributed by atoms with Crippen LogP contribution in [0.15, 0.2) is 6.07 Å². The van der Waals surface area contributed by atoms with Crippen LogP contribution in [0, 0.1) is 5.92 Å². The number of nitrogens with two attached hydrogens (primary N) is 1. The van der Waals surface area contributed by atoms with E-state index in [1.165, 1.54) is 0 Å². The molecule has 2 N–H and O–H groups in total. The Balaban J connectivity index is 2.70. The molecule has 4 nitrogen and oxygen atoms in total. The summed E-state index contributed by atoms with van der Waals surface area (Å²) in [7, 11) is 3.68. The summed E-state index contributed by atoms with van der Waals surface area (Å²) in [6.45, 7) is 5.02. The summed E-state index contributed by atoms with van der Waals surface area (Å²) >= 11 is 0. The fraction of sp³-hybridized carbons (Fsp3) is 0.750. The van der Waals surface area contributed by atoms with E-state index in [1.54, 1.807) is 7.11 Å². The van der Waals surface area contributed by atoms with Gasteiger partial charge in [-0.1, -0.05) is 13.8 Å². The highest BCUT2D eigenvalue weighted by Crippen LogP contribution is 2.22. The highest BCUT2D eigenvalue weighted by Gasteiger charge is 2.18. The average molecular weight is 225 g/mol. The molecule has 0 aliphatic heterocycles. The number of hydrogen-bond acceptors (Lipinski definition) is 3. The Labute approximate surface area is 97.8 Å². The molecule has 0 aliphatic rings. The topological polar surface area (TPSA) is 53.1 Å². The van der Waals surface area contributed by atoms with Crippen LogP contribution in [0.2, 0.25) is 0 Å². The van der Waals surface area contributed by atoms with Gasteiger partial charge >= 0.3 is 0 Å². The van der Waals surface area contributed by atoms with E-state index >= 15 is 0 Å². The second-order valence-corrected chi connectivity index (χ2v) is 4.32. The standard InChI is InChI=1S/C12H23N3O/c1-5-10-8-11(15(3)14-10)12(13)9(2)6-7-16-4/h8-9,12H,5-7,13H2,1-4H3. The number of ether oxygens (including phenoxy) is 1. The molecule has 2 unspecified atom stereocenters. The SMILES string of the molecule is CCc1cc(C(N)C(C)CCOC)n(C)n1. The van der Waals surface area contributed by atoms with Crippen molar-refractivity contribution in [1.29, 1.82) is 0 Å². The molecule has 0 saturated carbocycles. The molecule has 92 valence electrons. The molecular weight excluding hydrogens is 202 g/mol. The van der Waals surface area contributed by atoms with Crippen LogP contribution in [-0.2, 0) is 18.2 Å². The summed E-state index contributed by atoms with van der Waals surface area (Å²) in [5, 5.41) is 4.42. The van der Waals surface area contributed by atoms with Crippen LogP contribution < -0.4 is 5.73 Å². The zero-order chi connectivity index (χ0) is 12.1. The molecule has 1 heterocycles.